The molecule has 1 fully saturated rings. The van der Waals surface area contributed by atoms with E-state index in [1.54, 1.807) is 18.0 Å². The van der Waals surface area contributed by atoms with Gasteiger partial charge < -0.3 is 20.0 Å². The normalized spacial score (nSPS) is 19.0. The minimum absolute atomic E-state index is 0.0201. The summed E-state index contributed by atoms with van der Waals surface area (Å²) in [5, 5.41) is 3.44. The van der Waals surface area contributed by atoms with Gasteiger partial charge in [0.15, 0.2) is 0 Å². The van der Waals surface area contributed by atoms with Crippen molar-refractivity contribution in [1.82, 2.24) is 20.0 Å². The third-order valence-electron chi connectivity index (χ3n) is 4.61. The summed E-state index contributed by atoms with van der Waals surface area (Å²) in [5.74, 6) is -0.200. The summed E-state index contributed by atoms with van der Waals surface area (Å²) in [6.45, 7) is 12.4. The molecule has 1 aliphatic rings. The Morgan fingerprint density at radius 3 is 2.37 bits per heavy atom. The third-order valence-corrected chi connectivity index (χ3v) is 5.08. The number of hydrogen-bond donors (Lipinski definition) is 2. The first kappa shape index (κ1) is 23.6. The Morgan fingerprint density at radius 2 is 1.89 bits per heavy atom. The smallest absolute Gasteiger partial charge is 0.257 e. The second-order valence-corrected chi connectivity index (χ2v) is 9.27. The van der Waals surface area contributed by atoms with Gasteiger partial charge in [-0.3, -0.25) is 9.59 Å². The molecule has 1 heterocycles. The molecule has 0 saturated carbocycles. The average Bonchev–Trinajstić information content (AvgIpc) is 2.54. The lowest BCUT2D eigenvalue weighted by molar-refractivity contribution is -0.156. The van der Waals surface area contributed by atoms with Crippen LogP contribution < -0.4 is 5.32 Å². The fourth-order valence-corrected chi connectivity index (χ4v) is 3.03. The van der Waals surface area contributed by atoms with Gasteiger partial charge in [0.25, 0.3) is 5.91 Å². The minimum atomic E-state index is -0.899. The Labute approximate surface area is 170 Å². The summed E-state index contributed by atoms with van der Waals surface area (Å²) in [7, 11) is 5.70. The molecule has 7 heteroatoms. The summed E-state index contributed by atoms with van der Waals surface area (Å²) < 4.78 is 0. The molecule has 0 unspecified atom stereocenters. The maximum absolute atomic E-state index is 13.3. The summed E-state index contributed by atoms with van der Waals surface area (Å²) in [4.78, 5) is 31.9. The topological polar surface area (TPSA) is 55.9 Å². The highest BCUT2D eigenvalue weighted by atomic mass is 32.1. The zero-order valence-electron chi connectivity index (χ0n) is 18.1. The molecular weight excluding hydrogens is 360 g/mol. The first-order valence-electron chi connectivity index (χ1n) is 9.37. The number of carbonyl (C=O) groups is 2. The number of nitrogens with one attached hydrogen (secondary N) is 1. The van der Waals surface area contributed by atoms with Crippen LogP contribution in [0.5, 0.6) is 0 Å². The number of thiol groups is 1. The zero-order valence-corrected chi connectivity index (χ0v) is 19.0. The molecule has 0 spiro atoms. The van der Waals surface area contributed by atoms with Crippen LogP contribution in [-0.4, -0.2) is 79.4 Å². The van der Waals surface area contributed by atoms with Crippen molar-refractivity contribution in [2.75, 3.05) is 47.3 Å². The number of hydrogen-bond acceptors (Lipinski definition) is 5. The van der Waals surface area contributed by atoms with Gasteiger partial charge in [0.1, 0.15) is 5.54 Å². The zero-order chi connectivity index (χ0) is 21.0. The molecule has 154 valence electrons. The standard InChI is InChI=1S/C20H36N4O2S/c1-19(2,3)10-9-15(16(27)21-6)17(25)24-14-13-23(12-11-22(7)8)18(26)20(24,4)5/h9-10,21,27H,11-14H2,1-8H3/b10-9+,16-15+. The van der Waals surface area contributed by atoms with E-state index in [1.165, 1.54) is 0 Å². The Kier molecular flexibility index (Phi) is 7.99. The highest BCUT2D eigenvalue weighted by Crippen LogP contribution is 2.27. The van der Waals surface area contributed by atoms with Crippen molar-refractivity contribution in [3.05, 3.63) is 22.8 Å². The largest absolute Gasteiger partial charge is 0.382 e. The summed E-state index contributed by atoms with van der Waals surface area (Å²) in [6, 6.07) is 0. The number of amides is 2. The van der Waals surface area contributed by atoms with Crippen LogP contribution in [0.15, 0.2) is 22.8 Å². The summed E-state index contributed by atoms with van der Waals surface area (Å²) in [6.07, 6.45) is 3.79. The first-order chi connectivity index (χ1) is 12.3. The third kappa shape index (κ3) is 6.28. The molecule has 0 aromatic heterocycles. The van der Waals surface area contributed by atoms with Crippen molar-refractivity contribution in [3.8, 4) is 0 Å². The van der Waals surface area contributed by atoms with Gasteiger partial charge in [0.05, 0.1) is 10.6 Å². The molecule has 27 heavy (non-hydrogen) atoms. The van der Waals surface area contributed by atoms with Gasteiger partial charge in [-0.15, -0.1) is 12.6 Å². The molecule has 1 N–H and O–H groups in total. The van der Waals surface area contributed by atoms with Gasteiger partial charge in [0.2, 0.25) is 5.91 Å². The van der Waals surface area contributed by atoms with E-state index in [0.29, 0.717) is 30.2 Å². The van der Waals surface area contributed by atoms with Crippen LogP contribution in [0, 0.1) is 5.41 Å². The molecule has 0 bridgehead atoms. The lowest BCUT2D eigenvalue weighted by atomic mass is 9.93. The van der Waals surface area contributed by atoms with Gasteiger partial charge in [-0.2, -0.15) is 0 Å². The van der Waals surface area contributed by atoms with Gasteiger partial charge in [-0.25, -0.2) is 0 Å². The van der Waals surface area contributed by atoms with Crippen molar-refractivity contribution in [3.63, 3.8) is 0 Å². The number of piperazine rings is 1. The Hall–Kier alpha value is -1.47. The maximum Gasteiger partial charge on any atom is 0.257 e. The maximum atomic E-state index is 13.3. The van der Waals surface area contributed by atoms with Crippen molar-refractivity contribution in [2.24, 2.45) is 5.41 Å². The quantitative estimate of drug-likeness (QED) is 0.409. The molecule has 0 radical (unpaired) electrons. The molecule has 1 aliphatic heterocycles. The van der Waals surface area contributed by atoms with Crippen molar-refractivity contribution in [1.29, 1.82) is 0 Å². The van der Waals surface area contributed by atoms with E-state index >= 15 is 0 Å². The lowest BCUT2D eigenvalue weighted by Gasteiger charge is -2.46. The van der Waals surface area contributed by atoms with Crippen LogP contribution in [0.25, 0.3) is 0 Å². The monoisotopic (exact) mass is 396 g/mol. The van der Waals surface area contributed by atoms with Crippen molar-refractivity contribution < 1.29 is 9.59 Å². The fraction of sp³-hybridized carbons (Fsp3) is 0.700. The average molecular weight is 397 g/mol. The molecule has 6 nitrogen and oxygen atoms in total. The Balaban J connectivity index is 3.11. The predicted octanol–water partition coefficient (Wildman–Crippen LogP) is 1.96. The molecular formula is C20H36N4O2S. The van der Waals surface area contributed by atoms with Gasteiger partial charge >= 0.3 is 0 Å². The van der Waals surface area contributed by atoms with E-state index in [-0.39, 0.29) is 17.2 Å². The van der Waals surface area contributed by atoms with Crippen LogP contribution in [-0.2, 0) is 9.59 Å². The molecule has 1 saturated heterocycles. The molecule has 1 rings (SSSR count). The van der Waals surface area contributed by atoms with E-state index in [9.17, 15) is 9.59 Å². The van der Waals surface area contributed by atoms with E-state index in [1.807, 2.05) is 38.9 Å². The first-order valence-corrected chi connectivity index (χ1v) is 9.82. The molecule has 2 amide bonds. The van der Waals surface area contributed by atoms with Crippen LogP contribution in [0.3, 0.4) is 0 Å². The second-order valence-electron chi connectivity index (χ2n) is 8.82. The molecule has 0 aromatic rings. The Bertz CT molecular complexity index is 618. The van der Waals surface area contributed by atoms with Crippen LogP contribution in [0.1, 0.15) is 34.6 Å². The van der Waals surface area contributed by atoms with E-state index < -0.39 is 5.54 Å². The van der Waals surface area contributed by atoms with Crippen LogP contribution >= 0.6 is 12.6 Å². The number of likely N-dealkylation sites (N-methyl/N-ethyl adjacent to an activating group) is 1. The number of allylic oxidation sites excluding steroid dienone is 1. The fourth-order valence-electron chi connectivity index (χ4n) is 2.86. The highest BCUT2D eigenvalue weighted by Gasteiger charge is 2.44. The molecule has 0 atom stereocenters. The van der Waals surface area contributed by atoms with E-state index in [2.05, 4.69) is 43.6 Å². The SMILES string of the molecule is CN/C(S)=C(/C=C/C(C)(C)C)C(=O)N1CCN(CCN(C)C)C(=O)C1(C)C. The number of carbonyl (C=O) groups excluding carboxylic acids is 2. The number of rotatable bonds is 6. The van der Waals surface area contributed by atoms with E-state index in [0.717, 1.165) is 6.54 Å². The van der Waals surface area contributed by atoms with Gasteiger partial charge in [0, 0.05) is 33.2 Å². The predicted molar refractivity (Wildman–Crippen MR) is 115 cm³/mol. The van der Waals surface area contributed by atoms with Gasteiger partial charge in [-0.05, 0) is 33.4 Å². The van der Waals surface area contributed by atoms with Gasteiger partial charge in [-0.1, -0.05) is 32.9 Å². The summed E-state index contributed by atoms with van der Waals surface area (Å²) >= 11 is 4.44. The van der Waals surface area contributed by atoms with Crippen LogP contribution in [0.2, 0.25) is 0 Å². The lowest BCUT2D eigenvalue weighted by Crippen LogP contribution is -2.65. The summed E-state index contributed by atoms with van der Waals surface area (Å²) in [5.41, 5.74) is -0.494. The molecule has 0 aromatic carbocycles. The highest BCUT2D eigenvalue weighted by molar-refractivity contribution is 7.84. The van der Waals surface area contributed by atoms with E-state index in [4.69, 9.17) is 0 Å². The molecule has 0 aliphatic carbocycles. The van der Waals surface area contributed by atoms with Crippen molar-refractivity contribution in [2.45, 2.75) is 40.2 Å². The Morgan fingerprint density at radius 1 is 1.30 bits per heavy atom. The second kappa shape index (κ2) is 9.15. The number of nitrogens with zero attached hydrogens (tertiary/aromatic N) is 3. The minimum Gasteiger partial charge on any atom is -0.382 e. The van der Waals surface area contributed by atoms with Crippen molar-refractivity contribution >= 4 is 24.4 Å². The van der Waals surface area contributed by atoms with Crippen LogP contribution in [0.4, 0.5) is 0 Å².